The standard InChI is InChI=1S/C18H20N6/c1-3-4-5-17-21-10-16(22-17)13-8-15(12-6-7-24(2)11-12)23-18(20)14(13)9-19/h6-8,10-11H,3-5H2,1-2H3,(H2,20,23)(H,21,22). The average molecular weight is 320 g/mol. The number of rotatable bonds is 5. The van der Waals surface area contributed by atoms with Gasteiger partial charge in [0.05, 0.1) is 17.6 Å². The van der Waals surface area contributed by atoms with Gasteiger partial charge in [0.25, 0.3) is 0 Å². The van der Waals surface area contributed by atoms with Crippen LogP contribution in [0.2, 0.25) is 0 Å². The van der Waals surface area contributed by atoms with E-state index in [1.807, 2.05) is 36.1 Å². The minimum atomic E-state index is 0.235. The molecule has 3 N–H and O–H groups in total. The first kappa shape index (κ1) is 15.8. The summed E-state index contributed by atoms with van der Waals surface area (Å²) in [6, 6.07) is 6.02. The number of nitrogens with zero attached hydrogens (tertiary/aromatic N) is 4. The van der Waals surface area contributed by atoms with E-state index in [2.05, 4.69) is 27.9 Å². The molecule has 0 saturated heterocycles. The SMILES string of the molecule is CCCCc1ncc(-c2cc(-c3ccn(C)c3)nc(N)c2C#N)[nH]1. The quantitative estimate of drug-likeness (QED) is 0.754. The summed E-state index contributed by atoms with van der Waals surface area (Å²) in [5.74, 6) is 1.16. The van der Waals surface area contributed by atoms with E-state index >= 15 is 0 Å². The molecule has 3 rings (SSSR count). The van der Waals surface area contributed by atoms with Gasteiger partial charge in [-0.1, -0.05) is 13.3 Å². The van der Waals surface area contributed by atoms with Gasteiger partial charge in [0.15, 0.2) is 0 Å². The number of H-pyrrole nitrogens is 1. The molecule has 0 aliphatic carbocycles. The Bertz CT molecular complexity index is 897. The van der Waals surface area contributed by atoms with Crippen LogP contribution < -0.4 is 5.73 Å². The molecule has 24 heavy (non-hydrogen) atoms. The molecule has 0 amide bonds. The van der Waals surface area contributed by atoms with Crippen LogP contribution in [-0.4, -0.2) is 19.5 Å². The van der Waals surface area contributed by atoms with E-state index in [0.29, 0.717) is 5.56 Å². The number of hydrogen-bond acceptors (Lipinski definition) is 4. The number of aromatic nitrogens is 4. The lowest BCUT2D eigenvalue weighted by Gasteiger charge is -2.07. The number of nitriles is 1. The van der Waals surface area contributed by atoms with Gasteiger partial charge in [-0.05, 0) is 18.6 Å². The van der Waals surface area contributed by atoms with E-state index in [4.69, 9.17) is 5.73 Å². The van der Waals surface area contributed by atoms with Crippen molar-refractivity contribution in [2.45, 2.75) is 26.2 Å². The summed E-state index contributed by atoms with van der Waals surface area (Å²) in [7, 11) is 1.95. The fourth-order valence-electron chi connectivity index (χ4n) is 2.67. The maximum absolute atomic E-state index is 9.47. The molecule has 0 aliphatic heterocycles. The molecule has 0 saturated carbocycles. The van der Waals surface area contributed by atoms with Crippen LogP contribution in [0.15, 0.2) is 30.7 Å². The summed E-state index contributed by atoms with van der Waals surface area (Å²) >= 11 is 0. The Labute approximate surface area is 141 Å². The zero-order valence-electron chi connectivity index (χ0n) is 13.9. The number of aromatic amines is 1. The number of nitrogen functional groups attached to an aromatic ring is 1. The Morgan fingerprint density at radius 3 is 2.92 bits per heavy atom. The van der Waals surface area contributed by atoms with E-state index in [1.54, 1.807) is 6.20 Å². The molecule has 0 aliphatic rings. The smallest absolute Gasteiger partial charge is 0.142 e. The topological polar surface area (TPSA) is 96.3 Å². The van der Waals surface area contributed by atoms with E-state index in [-0.39, 0.29) is 5.82 Å². The van der Waals surface area contributed by atoms with Crippen molar-refractivity contribution >= 4 is 5.82 Å². The largest absolute Gasteiger partial charge is 0.383 e. The van der Waals surface area contributed by atoms with Crippen LogP contribution in [0.5, 0.6) is 0 Å². The third-order valence-corrected chi connectivity index (χ3v) is 3.97. The highest BCUT2D eigenvalue weighted by Gasteiger charge is 2.15. The van der Waals surface area contributed by atoms with Crippen LogP contribution in [0.3, 0.4) is 0 Å². The van der Waals surface area contributed by atoms with Gasteiger partial charge in [-0.2, -0.15) is 5.26 Å². The van der Waals surface area contributed by atoms with Crippen molar-refractivity contribution in [2.24, 2.45) is 7.05 Å². The second-order valence-electron chi connectivity index (χ2n) is 5.84. The van der Waals surface area contributed by atoms with Gasteiger partial charge in [0.1, 0.15) is 23.3 Å². The van der Waals surface area contributed by atoms with Gasteiger partial charge in [-0.3, -0.25) is 0 Å². The van der Waals surface area contributed by atoms with Gasteiger partial charge in [0, 0.05) is 37.0 Å². The number of anilines is 1. The molecule has 0 fully saturated rings. The van der Waals surface area contributed by atoms with Crippen molar-refractivity contribution in [2.75, 3.05) is 5.73 Å². The predicted molar refractivity (Wildman–Crippen MR) is 94.0 cm³/mol. The first-order valence-electron chi connectivity index (χ1n) is 7.99. The van der Waals surface area contributed by atoms with Crippen molar-refractivity contribution in [3.8, 4) is 28.6 Å². The summed E-state index contributed by atoms with van der Waals surface area (Å²) in [4.78, 5) is 12.1. The molecule has 0 spiro atoms. The number of hydrogen-bond donors (Lipinski definition) is 2. The number of pyridine rings is 1. The van der Waals surface area contributed by atoms with Crippen molar-refractivity contribution in [1.29, 1.82) is 5.26 Å². The molecular formula is C18H20N6. The third-order valence-electron chi connectivity index (χ3n) is 3.97. The average Bonchev–Trinajstić information content (AvgIpc) is 3.21. The number of imidazole rings is 1. The molecule has 0 bridgehead atoms. The summed E-state index contributed by atoms with van der Waals surface area (Å²) in [6.45, 7) is 2.15. The molecular weight excluding hydrogens is 300 g/mol. The second-order valence-corrected chi connectivity index (χ2v) is 5.84. The minimum absolute atomic E-state index is 0.235. The summed E-state index contributed by atoms with van der Waals surface area (Å²) in [5.41, 5.74) is 9.63. The molecule has 3 aromatic heterocycles. The first-order valence-corrected chi connectivity index (χ1v) is 7.99. The zero-order valence-corrected chi connectivity index (χ0v) is 13.9. The van der Waals surface area contributed by atoms with Crippen LogP contribution in [0.1, 0.15) is 31.2 Å². The van der Waals surface area contributed by atoms with Gasteiger partial charge in [-0.25, -0.2) is 9.97 Å². The molecule has 0 aromatic carbocycles. The highest BCUT2D eigenvalue weighted by molar-refractivity contribution is 5.78. The minimum Gasteiger partial charge on any atom is -0.383 e. The Morgan fingerprint density at radius 1 is 1.42 bits per heavy atom. The third kappa shape index (κ3) is 3.01. The highest BCUT2D eigenvalue weighted by atomic mass is 14.9. The Hall–Kier alpha value is -3.07. The van der Waals surface area contributed by atoms with Crippen molar-refractivity contribution in [3.63, 3.8) is 0 Å². The molecule has 3 heterocycles. The van der Waals surface area contributed by atoms with Gasteiger partial charge in [0.2, 0.25) is 0 Å². The molecule has 0 radical (unpaired) electrons. The van der Waals surface area contributed by atoms with E-state index < -0.39 is 0 Å². The summed E-state index contributed by atoms with van der Waals surface area (Å²) in [5, 5.41) is 9.47. The molecule has 6 heteroatoms. The molecule has 0 unspecified atom stereocenters. The zero-order chi connectivity index (χ0) is 17.1. The summed E-state index contributed by atoms with van der Waals surface area (Å²) < 4.78 is 1.95. The fourth-order valence-corrected chi connectivity index (χ4v) is 2.67. The normalized spacial score (nSPS) is 10.7. The number of aryl methyl sites for hydroxylation is 2. The number of unbranched alkanes of at least 4 members (excludes halogenated alkanes) is 1. The predicted octanol–water partition coefficient (Wildman–Crippen LogP) is 3.27. The molecule has 3 aromatic rings. The number of nitrogens with two attached hydrogens (primary N) is 1. The fraction of sp³-hybridized carbons (Fsp3) is 0.278. The molecule has 6 nitrogen and oxygen atoms in total. The second kappa shape index (κ2) is 6.59. The van der Waals surface area contributed by atoms with Crippen LogP contribution in [0.25, 0.3) is 22.5 Å². The Kier molecular flexibility index (Phi) is 4.34. The van der Waals surface area contributed by atoms with Crippen LogP contribution in [-0.2, 0) is 13.5 Å². The lowest BCUT2D eigenvalue weighted by molar-refractivity contribution is 0.763. The van der Waals surface area contributed by atoms with Crippen LogP contribution >= 0.6 is 0 Å². The van der Waals surface area contributed by atoms with E-state index in [1.165, 1.54) is 0 Å². The van der Waals surface area contributed by atoms with Crippen molar-refractivity contribution < 1.29 is 0 Å². The van der Waals surface area contributed by atoms with Gasteiger partial charge < -0.3 is 15.3 Å². The monoisotopic (exact) mass is 320 g/mol. The van der Waals surface area contributed by atoms with Crippen molar-refractivity contribution in [1.82, 2.24) is 19.5 Å². The first-order chi connectivity index (χ1) is 11.6. The van der Waals surface area contributed by atoms with E-state index in [9.17, 15) is 5.26 Å². The Balaban J connectivity index is 2.07. The maximum Gasteiger partial charge on any atom is 0.142 e. The van der Waals surface area contributed by atoms with Crippen molar-refractivity contribution in [3.05, 3.63) is 42.1 Å². The van der Waals surface area contributed by atoms with Crippen LogP contribution in [0, 0.1) is 11.3 Å². The van der Waals surface area contributed by atoms with Gasteiger partial charge >= 0.3 is 0 Å². The Morgan fingerprint density at radius 2 is 2.25 bits per heavy atom. The number of nitrogens with one attached hydrogen (secondary N) is 1. The van der Waals surface area contributed by atoms with Gasteiger partial charge in [-0.15, -0.1) is 0 Å². The highest BCUT2D eigenvalue weighted by Crippen LogP contribution is 2.30. The molecule has 122 valence electrons. The molecule has 0 atom stereocenters. The lowest BCUT2D eigenvalue weighted by Crippen LogP contribution is -2.00. The van der Waals surface area contributed by atoms with Crippen LogP contribution in [0.4, 0.5) is 5.82 Å². The maximum atomic E-state index is 9.47. The summed E-state index contributed by atoms with van der Waals surface area (Å²) in [6.07, 6.45) is 8.76. The lowest BCUT2D eigenvalue weighted by atomic mass is 10.0. The van der Waals surface area contributed by atoms with E-state index in [0.717, 1.165) is 47.6 Å².